The van der Waals surface area contributed by atoms with E-state index in [4.69, 9.17) is 0 Å². The standard InChI is InChI=1S/C12H16BrNO2S2/c1-9-10(2)17-8-7-14(9)18(15,16)12-5-3-11(13)4-6-12/h3-6,9-10H,7-8H2,1-2H3. The molecule has 2 unspecified atom stereocenters. The molecule has 1 aromatic carbocycles. The lowest BCUT2D eigenvalue weighted by atomic mass is 10.2. The fourth-order valence-electron chi connectivity index (χ4n) is 1.99. The monoisotopic (exact) mass is 349 g/mol. The Morgan fingerprint density at radius 1 is 1.28 bits per heavy atom. The van der Waals surface area contributed by atoms with Crippen LogP contribution in [0.1, 0.15) is 13.8 Å². The number of sulfonamides is 1. The minimum Gasteiger partial charge on any atom is -0.207 e. The number of nitrogens with zero attached hydrogens (tertiary/aromatic N) is 1. The van der Waals surface area contributed by atoms with Crippen LogP contribution in [0.2, 0.25) is 0 Å². The molecule has 0 saturated carbocycles. The Kier molecular flexibility index (Phi) is 4.41. The largest absolute Gasteiger partial charge is 0.243 e. The molecule has 6 heteroatoms. The van der Waals surface area contributed by atoms with Crippen molar-refractivity contribution in [3.63, 3.8) is 0 Å². The first kappa shape index (κ1) is 14.4. The number of rotatable bonds is 2. The maximum Gasteiger partial charge on any atom is 0.243 e. The van der Waals surface area contributed by atoms with Crippen LogP contribution in [0.15, 0.2) is 33.6 Å². The molecule has 0 aliphatic carbocycles. The van der Waals surface area contributed by atoms with Gasteiger partial charge < -0.3 is 0 Å². The molecule has 0 aromatic heterocycles. The zero-order valence-electron chi connectivity index (χ0n) is 10.3. The third-order valence-corrected chi connectivity index (χ3v) is 7.11. The molecule has 100 valence electrons. The summed E-state index contributed by atoms with van der Waals surface area (Å²) >= 11 is 5.15. The van der Waals surface area contributed by atoms with Crippen molar-refractivity contribution in [3.05, 3.63) is 28.7 Å². The first-order chi connectivity index (χ1) is 8.43. The summed E-state index contributed by atoms with van der Waals surface area (Å²) in [4.78, 5) is 0.372. The van der Waals surface area contributed by atoms with Crippen LogP contribution in [0, 0.1) is 0 Å². The second kappa shape index (κ2) is 5.53. The summed E-state index contributed by atoms with van der Waals surface area (Å²) in [6.07, 6.45) is 0. The van der Waals surface area contributed by atoms with Crippen molar-refractivity contribution in [1.82, 2.24) is 4.31 Å². The van der Waals surface area contributed by atoms with E-state index < -0.39 is 10.0 Å². The van der Waals surface area contributed by atoms with E-state index in [9.17, 15) is 8.42 Å². The van der Waals surface area contributed by atoms with Crippen LogP contribution in [0.5, 0.6) is 0 Å². The second-order valence-corrected chi connectivity index (χ2v) is 8.68. The van der Waals surface area contributed by atoms with Crippen LogP contribution in [0.4, 0.5) is 0 Å². The minimum atomic E-state index is -3.36. The molecule has 0 N–H and O–H groups in total. The lowest BCUT2D eigenvalue weighted by Crippen LogP contribution is -2.47. The molecule has 18 heavy (non-hydrogen) atoms. The van der Waals surface area contributed by atoms with Gasteiger partial charge in [-0.1, -0.05) is 22.9 Å². The van der Waals surface area contributed by atoms with E-state index in [1.54, 1.807) is 28.6 Å². The van der Waals surface area contributed by atoms with Gasteiger partial charge in [0.25, 0.3) is 0 Å². The molecule has 0 bridgehead atoms. The highest BCUT2D eigenvalue weighted by Crippen LogP contribution is 2.29. The predicted molar refractivity (Wildman–Crippen MR) is 79.4 cm³/mol. The topological polar surface area (TPSA) is 37.4 Å². The highest BCUT2D eigenvalue weighted by atomic mass is 79.9. The fourth-order valence-corrected chi connectivity index (χ4v) is 5.25. The summed E-state index contributed by atoms with van der Waals surface area (Å²) in [6.45, 7) is 4.65. The molecule has 1 saturated heterocycles. The predicted octanol–water partition coefficient (Wildman–Crippen LogP) is 2.96. The van der Waals surface area contributed by atoms with Crippen LogP contribution in [0.25, 0.3) is 0 Å². The van der Waals surface area contributed by atoms with Gasteiger partial charge in [-0.15, -0.1) is 0 Å². The third-order valence-electron chi connectivity index (χ3n) is 3.25. The Labute approximate surface area is 121 Å². The van der Waals surface area contributed by atoms with Gasteiger partial charge in [-0.3, -0.25) is 0 Å². The van der Waals surface area contributed by atoms with E-state index in [1.165, 1.54) is 0 Å². The van der Waals surface area contributed by atoms with Crippen molar-refractivity contribution < 1.29 is 8.42 Å². The Balaban J connectivity index is 2.33. The van der Waals surface area contributed by atoms with Crippen molar-refractivity contribution in [1.29, 1.82) is 0 Å². The van der Waals surface area contributed by atoms with Crippen molar-refractivity contribution in [2.24, 2.45) is 0 Å². The van der Waals surface area contributed by atoms with Crippen LogP contribution < -0.4 is 0 Å². The fraction of sp³-hybridized carbons (Fsp3) is 0.500. The second-order valence-electron chi connectivity index (χ2n) is 4.39. The average Bonchev–Trinajstić information content (AvgIpc) is 2.33. The SMILES string of the molecule is CC1SCCN(S(=O)(=O)c2ccc(Br)cc2)C1C. The minimum absolute atomic E-state index is 0.0393. The molecule has 0 spiro atoms. The van der Waals surface area contributed by atoms with E-state index >= 15 is 0 Å². The molecule has 2 atom stereocenters. The summed E-state index contributed by atoms with van der Waals surface area (Å²) in [7, 11) is -3.36. The van der Waals surface area contributed by atoms with Crippen LogP contribution in [0.3, 0.4) is 0 Å². The van der Waals surface area contributed by atoms with Gasteiger partial charge in [0.1, 0.15) is 0 Å². The van der Waals surface area contributed by atoms with Gasteiger partial charge in [-0.2, -0.15) is 16.1 Å². The van der Waals surface area contributed by atoms with Crippen molar-refractivity contribution in [2.45, 2.75) is 30.0 Å². The maximum atomic E-state index is 12.6. The summed E-state index contributed by atoms with van der Waals surface area (Å²) in [6, 6.07) is 6.87. The van der Waals surface area contributed by atoms with E-state index in [1.807, 2.05) is 18.7 Å². The molecule has 1 aliphatic rings. The molecular weight excluding hydrogens is 334 g/mol. The molecule has 1 aromatic rings. The van der Waals surface area contributed by atoms with Gasteiger partial charge in [-0.25, -0.2) is 8.42 Å². The Morgan fingerprint density at radius 2 is 1.89 bits per heavy atom. The number of halogens is 1. The smallest absolute Gasteiger partial charge is 0.207 e. The van der Waals surface area contributed by atoms with Crippen molar-refractivity contribution in [2.75, 3.05) is 12.3 Å². The average molecular weight is 350 g/mol. The molecule has 1 heterocycles. The van der Waals surface area contributed by atoms with Crippen LogP contribution in [-0.4, -0.2) is 36.3 Å². The number of hydrogen-bond donors (Lipinski definition) is 0. The third kappa shape index (κ3) is 2.76. The van der Waals surface area contributed by atoms with E-state index in [-0.39, 0.29) is 6.04 Å². The molecule has 0 radical (unpaired) electrons. The summed E-state index contributed by atoms with van der Waals surface area (Å²) in [5, 5.41) is 0.337. The first-order valence-electron chi connectivity index (χ1n) is 5.82. The first-order valence-corrected chi connectivity index (χ1v) is 9.10. The van der Waals surface area contributed by atoms with Crippen molar-refractivity contribution >= 4 is 37.7 Å². The van der Waals surface area contributed by atoms with E-state index in [0.29, 0.717) is 16.7 Å². The maximum absolute atomic E-state index is 12.6. The lowest BCUT2D eigenvalue weighted by molar-refractivity contribution is 0.340. The molecular formula is C12H16BrNO2S2. The molecule has 1 fully saturated rings. The highest BCUT2D eigenvalue weighted by Gasteiger charge is 2.34. The summed E-state index contributed by atoms with van der Waals surface area (Å²) in [5.74, 6) is 0.862. The van der Waals surface area contributed by atoms with Crippen molar-refractivity contribution in [3.8, 4) is 0 Å². The Morgan fingerprint density at radius 3 is 2.50 bits per heavy atom. The quantitative estimate of drug-likeness (QED) is 0.823. The molecule has 0 amide bonds. The summed E-state index contributed by atoms with van der Waals surface area (Å²) < 4.78 is 27.6. The van der Waals surface area contributed by atoms with Gasteiger partial charge in [-0.05, 0) is 31.2 Å². The number of benzene rings is 1. The zero-order chi connectivity index (χ0) is 13.3. The van der Waals surface area contributed by atoms with Gasteiger partial charge in [0.2, 0.25) is 10.0 Å². The highest BCUT2D eigenvalue weighted by molar-refractivity contribution is 9.10. The van der Waals surface area contributed by atoms with Gasteiger partial charge in [0.15, 0.2) is 0 Å². The van der Waals surface area contributed by atoms with Gasteiger partial charge >= 0.3 is 0 Å². The van der Waals surface area contributed by atoms with Crippen LogP contribution >= 0.6 is 27.7 Å². The zero-order valence-corrected chi connectivity index (χ0v) is 13.6. The lowest BCUT2D eigenvalue weighted by Gasteiger charge is -2.36. The van der Waals surface area contributed by atoms with E-state index in [0.717, 1.165) is 10.2 Å². The van der Waals surface area contributed by atoms with Gasteiger partial charge in [0.05, 0.1) is 4.90 Å². The Hall–Kier alpha value is -0.0400. The molecule has 1 aliphatic heterocycles. The molecule has 3 nitrogen and oxygen atoms in total. The molecule has 2 rings (SSSR count). The van der Waals surface area contributed by atoms with E-state index in [2.05, 4.69) is 22.9 Å². The Bertz CT molecular complexity index is 515. The summed E-state index contributed by atoms with van der Waals surface area (Å²) in [5.41, 5.74) is 0. The van der Waals surface area contributed by atoms with Gasteiger partial charge in [0, 0.05) is 28.1 Å². The number of thioether (sulfide) groups is 1. The van der Waals surface area contributed by atoms with Crippen LogP contribution in [-0.2, 0) is 10.0 Å². The number of hydrogen-bond acceptors (Lipinski definition) is 3. The normalized spacial score (nSPS) is 26.2.